The van der Waals surface area contributed by atoms with Crippen molar-refractivity contribution >= 4 is 14.3 Å². The number of rotatable bonds is 33. The number of aliphatic carboxylic acids is 1. The molecule has 0 radical (unpaired) electrons. The van der Waals surface area contributed by atoms with E-state index < -0.39 is 14.3 Å². The van der Waals surface area contributed by atoms with E-state index in [1.165, 1.54) is 154 Å². The molecule has 270 valence electrons. The highest BCUT2D eigenvalue weighted by molar-refractivity contribution is 6.74. The molecule has 0 bridgehead atoms. The van der Waals surface area contributed by atoms with Crippen molar-refractivity contribution in [3.05, 3.63) is 0 Å². The van der Waals surface area contributed by atoms with E-state index in [2.05, 4.69) is 54.6 Å². The minimum atomic E-state index is -1.80. The molecule has 0 amide bonds. The molecular weight excluding hydrogens is 569 g/mol. The molecule has 0 rings (SSSR count). The van der Waals surface area contributed by atoms with Crippen LogP contribution in [-0.4, -0.2) is 25.5 Å². The molecule has 0 aliphatic heterocycles. The zero-order valence-electron chi connectivity index (χ0n) is 32.3. The predicted molar refractivity (Wildman–Crippen MR) is 203 cm³/mol. The normalized spacial score (nSPS) is 14.5. The van der Waals surface area contributed by atoms with Crippen LogP contribution in [0, 0.1) is 11.8 Å². The molecule has 0 fully saturated rings. The minimum Gasteiger partial charge on any atom is -0.481 e. The first kappa shape index (κ1) is 44.6. The highest BCUT2D eigenvalue weighted by Gasteiger charge is 2.39. The van der Waals surface area contributed by atoms with Crippen molar-refractivity contribution in [2.75, 3.05) is 0 Å². The van der Waals surface area contributed by atoms with Gasteiger partial charge < -0.3 is 9.53 Å². The van der Waals surface area contributed by atoms with E-state index >= 15 is 0 Å². The summed E-state index contributed by atoms with van der Waals surface area (Å²) in [6.45, 7) is 18.9. The van der Waals surface area contributed by atoms with Crippen LogP contribution in [0.15, 0.2) is 0 Å². The van der Waals surface area contributed by atoms with Gasteiger partial charge in [0, 0.05) is 6.10 Å². The van der Waals surface area contributed by atoms with E-state index in [1.807, 2.05) is 0 Å². The molecule has 0 saturated carbocycles. The van der Waals surface area contributed by atoms with Gasteiger partial charge in [-0.05, 0) is 49.7 Å². The largest absolute Gasteiger partial charge is 0.481 e. The molecule has 0 heterocycles. The molecule has 0 aromatic heterocycles. The molecule has 3 atom stereocenters. The second kappa shape index (κ2) is 28.6. The Kier molecular flexibility index (Phi) is 28.4. The zero-order valence-corrected chi connectivity index (χ0v) is 33.3. The smallest absolute Gasteiger partial charge is 0.306 e. The van der Waals surface area contributed by atoms with Gasteiger partial charge in [-0.25, -0.2) is 0 Å². The Morgan fingerprint density at radius 2 is 0.867 bits per heavy atom. The van der Waals surface area contributed by atoms with Gasteiger partial charge in [0.05, 0.1) is 5.92 Å². The molecule has 3 nitrogen and oxygen atoms in total. The maximum Gasteiger partial charge on any atom is 0.306 e. The lowest BCUT2D eigenvalue weighted by Gasteiger charge is -2.41. The molecule has 3 unspecified atom stereocenters. The molecule has 0 aromatic rings. The van der Waals surface area contributed by atoms with Gasteiger partial charge in [0.1, 0.15) is 0 Å². The molecule has 0 spiro atoms. The van der Waals surface area contributed by atoms with E-state index in [0.717, 1.165) is 25.7 Å². The summed E-state index contributed by atoms with van der Waals surface area (Å²) >= 11 is 0. The lowest BCUT2D eigenvalue weighted by molar-refractivity contribution is -0.142. The third-order valence-corrected chi connectivity index (χ3v) is 15.5. The second-order valence-corrected chi connectivity index (χ2v) is 21.1. The maximum absolute atomic E-state index is 11.8. The second-order valence-electron chi connectivity index (χ2n) is 16.4. The van der Waals surface area contributed by atoms with E-state index in [9.17, 15) is 9.90 Å². The van der Waals surface area contributed by atoms with Crippen molar-refractivity contribution in [3.63, 3.8) is 0 Å². The van der Waals surface area contributed by atoms with Crippen LogP contribution in [0.1, 0.15) is 221 Å². The summed E-state index contributed by atoms with van der Waals surface area (Å²) in [5.41, 5.74) is 0. The average Bonchev–Trinajstić information content (AvgIpc) is 2.98. The van der Waals surface area contributed by atoms with Crippen molar-refractivity contribution in [1.82, 2.24) is 0 Å². The quantitative estimate of drug-likeness (QED) is 0.0567. The molecule has 0 saturated heterocycles. The zero-order chi connectivity index (χ0) is 33.8. The van der Waals surface area contributed by atoms with E-state index in [4.69, 9.17) is 4.43 Å². The first-order chi connectivity index (χ1) is 21.5. The SMILES string of the molecule is CCCCCCCCCCCCCCC(C)C(CCCCCCCC(CCCCCCCCC)C(=O)O)O[Si](C)(C)C(C)(C)C. The summed E-state index contributed by atoms with van der Waals surface area (Å²) in [5.74, 6) is -0.0804. The summed E-state index contributed by atoms with van der Waals surface area (Å²) in [5, 5.41) is 9.95. The van der Waals surface area contributed by atoms with Gasteiger partial charge in [0.2, 0.25) is 0 Å². The van der Waals surface area contributed by atoms with Gasteiger partial charge in [-0.3, -0.25) is 4.79 Å². The van der Waals surface area contributed by atoms with Gasteiger partial charge in [-0.1, -0.05) is 196 Å². The number of carboxylic acids is 1. The number of hydrogen-bond donors (Lipinski definition) is 1. The lowest BCUT2D eigenvalue weighted by atomic mass is 9.92. The van der Waals surface area contributed by atoms with Crippen molar-refractivity contribution in [2.45, 2.75) is 246 Å². The third kappa shape index (κ3) is 25.4. The number of hydrogen-bond acceptors (Lipinski definition) is 2. The molecular formula is C41H84O3Si. The van der Waals surface area contributed by atoms with Gasteiger partial charge in [0.15, 0.2) is 8.32 Å². The highest BCUT2D eigenvalue weighted by atomic mass is 28.4. The fraction of sp³-hybridized carbons (Fsp3) is 0.976. The van der Waals surface area contributed by atoms with Crippen molar-refractivity contribution in [2.24, 2.45) is 11.8 Å². The average molecular weight is 653 g/mol. The molecule has 0 aliphatic carbocycles. The van der Waals surface area contributed by atoms with Crippen molar-refractivity contribution in [1.29, 1.82) is 0 Å². The lowest BCUT2D eigenvalue weighted by Crippen LogP contribution is -2.45. The molecule has 4 heteroatoms. The van der Waals surface area contributed by atoms with Crippen LogP contribution < -0.4 is 0 Å². The van der Waals surface area contributed by atoms with Crippen molar-refractivity contribution in [3.8, 4) is 0 Å². The molecule has 0 aromatic carbocycles. The van der Waals surface area contributed by atoms with Crippen molar-refractivity contribution < 1.29 is 14.3 Å². The van der Waals surface area contributed by atoms with Crippen LogP contribution in [0.2, 0.25) is 18.1 Å². The Labute approximate surface area is 285 Å². The summed E-state index contributed by atoms with van der Waals surface area (Å²) in [7, 11) is -1.80. The van der Waals surface area contributed by atoms with Crippen LogP contribution in [0.4, 0.5) is 0 Å². The Balaban J connectivity index is 4.35. The van der Waals surface area contributed by atoms with Crippen LogP contribution in [0.5, 0.6) is 0 Å². The van der Waals surface area contributed by atoms with Crippen LogP contribution in [-0.2, 0) is 9.22 Å². The summed E-state index contributed by atoms with van der Waals surface area (Å²) in [6.07, 6.45) is 36.3. The summed E-state index contributed by atoms with van der Waals surface area (Å²) in [6, 6.07) is 0. The number of carboxylic acid groups (broad SMARTS) is 1. The van der Waals surface area contributed by atoms with Crippen LogP contribution in [0.25, 0.3) is 0 Å². The monoisotopic (exact) mass is 653 g/mol. The van der Waals surface area contributed by atoms with E-state index in [0.29, 0.717) is 12.0 Å². The molecule has 45 heavy (non-hydrogen) atoms. The first-order valence-corrected chi connectivity index (χ1v) is 23.3. The van der Waals surface area contributed by atoms with Gasteiger partial charge in [-0.15, -0.1) is 0 Å². The highest BCUT2D eigenvalue weighted by Crippen LogP contribution is 2.39. The standard InChI is InChI=1S/C41H84O3Si/c1-9-11-13-15-17-18-19-20-21-23-25-29-33-37(3)39(44-45(7,8)41(4,5)6)36-32-28-24-27-31-35-38(40(42)43)34-30-26-22-16-14-12-10-2/h37-39H,9-36H2,1-8H3,(H,42,43). The topological polar surface area (TPSA) is 46.5 Å². The van der Waals surface area contributed by atoms with E-state index in [1.54, 1.807) is 0 Å². The van der Waals surface area contributed by atoms with E-state index in [-0.39, 0.29) is 11.0 Å². The predicted octanol–water partition coefficient (Wildman–Crippen LogP) is 14.7. The Hall–Kier alpha value is -0.353. The van der Waals surface area contributed by atoms with Crippen LogP contribution >= 0.6 is 0 Å². The number of carbonyl (C=O) groups is 1. The number of unbranched alkanes of at least 4 members (excludes halogenated alkanes) is 21. The van der Waals surface area contributed by atoms with Crippen LogP contribution in [0.3, 0.4) is 0 Å². The molecule has 1 N–H and O–H groups in total. The first-order valence-electron chi connectivity index (χ1n) is 20.4. The fourth-order valence-electron chi connectivity index (χ4n) is 6.51. The van der Waals surface area contributed by atoms with Gasteiger partial charge in [-0.2, -0.15) is 0 Å². The summed E-state index contributed by atoms with van der Waals surface area (Å²) in [4.78, 5) is 11.8. The third-order valence-electron chi connectivity index (χ3n) is 10.9. The van der Waals surface area contributed by atoms with Gasteiger partial charge >= 0.3 is 5.97 Å². The Morgan fingerprint density at radius 1 is 0.556 bits per heavy atom. The molecule has 0 aliphatic rings. The Bertz CT molecular complexity index is 656. The van der Waals surface area contributed by atoms with Gasteiger partial charge in [0.25, 0.3) is 0 Å². The minimum absolute atomic E-state index is 0.135. The fourth-order valence-corrected chi connectivity index (χ4v) is 7.97. The maximum atomic E-state index is 11.8. The Morgan fingerprint density at radius 3 is 1.20 bits per heavy atom. The summed E-state index contributed by atoms with van der Waals surface area (Å²) < 4.78 is 7.05.